The van der Waals surface area contributed by atoms with Gasteiger partial charge in [-0.15, -0.1) is 0 Å². The van der Waals surface area contributed by atoms with Crippen molar-refractivity contribution in [3.63, 3.8) is 0 Å². The topological polar surface area (TPSA) is 37.3 Å². The molecule has 2 nitrogen and oxygen atoms in total. The molecular formula is C11H14O2. The zero-order valence-corrected chi connectivity index (χ0v) is 7.57. The molecule has 0 atom stereocenters. The van der Waals surface area contributed by atoms with Crippen LogP contribution in [0.1, 0.15) is 18.4 Å². The Morgan fingerprint density at radius 2 is 1.92 bits per heavy atom. The first-order valence-corrected chi connectivity index (χ1v) is 4.49. The number of hydrogen-bond donors (Lipinski definition) is 1. The smallest absolute Gasteiger partial charge is 0.137 e. The van der Waals surface area contributed by atoms with E-state index in [1.807, 2.05) is 30.3 Å². The highest BCUT2D eigenvalue weighted by molar-refractivity contribution is 5.80. The third kappa shape index (κ3) is 3.85. The molecule has 0 fully saturated rings. The van der Waals surface area contributed by atoms with Crippen LogP contribution in [0.15, 0.2) is 30.3 Å². The van der Waals surface area contributed by atoms with Crippen LogP contribution in [0.5, 0.6) is 0 Å². The van der Waals surface area contributed by atoms with Gasteiger partial charge < -0.3 is 5.11 Å². The van der Waals surface area contributed by atoms with Crippen LogP contribution in [-0.2, 0) is 11.2 Å². The van der Waals surface area contributed by atoms with Crippen LogP contribution in [-0.4, -0.2) is 17.5 Å². The van der Waals surface area contributed by atoms with Crippen molar-refractivity contribution in [2.75, 3.05) is 6.61 Å². The molecule has 13 heavy (non-hydrogen) atoms. The lowest BCUT2D eigenvalue weighted by molar-refractivity contribution is -0.118. The number of benzene rings is 1. The van der Waals surface area contributed by atoms with E-state index in [2.05, 4.69) is 0 Å². The summed E-state index contributed by atoms with van der Waals surface area (Å²) in [6.45, 7) is 0.0977. The predicted molar refractivity (Wildman–Crippen MR) is 51.5 cm³/mol. The number of carbonyl (C=O) groups is 1. The van der Waals surface area contributed by atoms with E-state index in [-0.39, 0.29) is 12.4 Å². The SMILES string of the molecule is O=C(CCCO)Cc1ccccc1. The number of rotatable bonds is 5. The second kappa shape index (κ2) is 5.49. The van der Waals surface area contributed by atoms with Gasteiger partial charge in [0.25, 0.3) is 0 Å². The highest BCUT2D eigenvalue weighted by Crippen LogP contribution is 2.02. The van der Waals surface area contributed by atoms with E-state index in [4.69, 9.17) is 5.11 Å². The molecule has 2 heteroatoms. The zero-order valence-electron chi connectivity index (χ0n) is 7.57. The largest absolute Gasteiger partial charge is 0.396 e. The Hall–Kier alpha value is -1.15. The molecule has 0 amide bonds. The number of Topliss-reactive ketones (excluding diaryl/α,β-unsaturated/α-hetero) is 1. The summed E-state index contributed by atoms with van der Waals surface area (Å²) in [5.41, 5.74) is 1.05. The Morgan fingerprint density at radius 1 is 1.23 bits per heavy atom. The minimum atomic E-state index is 0.0977. The van der Waals surface area contributed by atoms with Gasteiger partial charge in [0.05, 0.1) is 0 Å². The maximum Gasteiger partial charge on any atom is 0.137 e. The number of ketones is 1. The Kier molecular flexibility index (Phi) is 4.19. The van der Waals surface area contributed by atoms with Crippen molar-refractivity contribution in [2.24, 2.45) is 0 Å². The molecule has 0 saturated carbocycles. The summed E-state index contributed by atoms with van der Waals surface area (Å²) in [7, 11) is 0. The third-order valence-electron chi connectivity index (χ3n) is 1.86. The molecule has 0 radical (unpaired) electrons. The lowest BCUT2D eigenvalue weighted by Crippen LogP contribution is -2.03. The normalized spacial score (nSPS) is 9.92. The highest BCUT2D eigenvalue weighted by Gasteiger charge is 2.01. The van der Waals surface area contributed by atoms with Gasteiger partial charge >= 0.3 is 0 Å². The first-order valence-electron chi connectivity index (χ1n) is 4.49. The van der Waals surface area contributed by atoms with Crippen molar-refractivity contribution >= 4 is 5.78 Å². The van der Waals surface area contributed by atoms with Gasteiger partial charge in [0.15, 0.2) is 0 Å². The average Bonchev–Trinajstić information content (AvgIpc) is 2.16. The van der Waals surface area contributed by atoms with Crippen molar-refractivity contribution in [1.29, 1.82) is 0 Å². The molecule has 1 N–H and O–H groups in total. The quantitative estimate of drug-likeness (QED) is 0.743. The third-order valence-corrected chi connectivity index (χ3v) is 1.86. The molecule has 0 saturated heterocycles. The number of aliphatic hydroxyl groups is 1. The van der Waals surface area contributed by atoms with Crippen molar-refractivity contribution in [3.8, 4) is 0 Å². The number of carbonyl (C=O) groups excluding carboxylic acids is 1. The van der Waals surface area contributed by atoms with E-state index in [9.17, 15) is 4.79 Å². The van der Waals surface area contributed by atoms with E-state index >= 15 is 0 Å². The first kappa shape index (κ1) is 9.93. The lowest BCUT2D eigenvalue weighted by atomic mass is 10.1. The second-order valence-corrected chi connectivity index (χ2v) is 3.03. The van der Waals surface area contributed by atoms with E-state index < -0.39 is 0 Å². The van der Waals surface area contributed by atoms with Gasteiger partial charge in [-0.1, -0.05) is 30.3 Å². The van der Waals surface area contributed by atoms with Crippen LogP contribution in [0, 0.1) is 0 Å². The summed E-state index contributed by atoms with van der Waals surface area (Å²) in [5.74, 6) is 0.195. The summed E-state index contributed by atoms with van der Waals surface area (Å²) in [4.78, 5) is 11.3. The fraction of sp³-hybridized carbons (Fsp3) is 0.364. The Balaban J connectivity index is 2.37. The van der Waals surface area contributed by atoms with Crippen molar-refractivity contribution < 1.29 is 9.90 Å². The van der Waals surface area contributed by atoms with Gasteiger partial charge in [0.2, 0.25) is 0 Å². The highest BCUT2D eigenvalue weighted by atomic mass is 16.3. The van der Waals surface area contributed by atoms with E-state index in [1.54, 1.807) is 0 Å². The van der Waals surface area contributed by atoms with E-state index in [1.165, 1.54) is 0 Å². The van der Waals surface area contributed by atoms with Gasteiger partial charge in [-0.2, -0.15) is 0 Å². The molecule has 1 rings (SSSR count). The number of hydrogen-bond acceptors (Lipinski definition) is 2. The van der Waals surface area contributed by atoms with Crippen LogP contribution in [0.3, 0.4) is 0 Å². The molecular weight excluding hydrogens is 164 g/mol. The minimum absolute atomic E-state index is 0.0977. The molecule has 1 aromatic carbocycles. The van der Waals surface area contributed by atoms with Crippen LogP contribution in [0.2, 0.25) is 0 Å². The number of aliphatic hydroxyl groups excluding tert-OH is 1. The summed E-state index contributed by atoms with van der Waals surface area (Å²) in [5, 5.41) is 8.53. The Labute approximate surface area is 78.2 Å². The molecule has 0 bridgehead atoms. The lowest BCUT2D eigenvalue weighted by Gasteiger charge is -1.99. The second-order valence-electron chi connectivity index (χ2n) is 3.03. The van der Waals surface area contributed by atoms with Crippen molar-refractivity contribution in [1.82, 2.24) is 0 Å². The van der Waals surface area contributed by atoms with E-state index in [0.29, 0.717) is 19.3 Å². The molecule has 0 aromatic heterocycles. The van der Waals surface area contributed by atoms with Gasteiger partial charge in [0.1, 0.15) is 5.78 Å². The van der Waals surface area contributed by atoms with Gasteiger partial charge in [-0.25, -0.2) is 0 Å². The van der Waals surface area contributed by atoms with Gasteiger partial charge in [-0.3, -0.25) is 4.79 Å². The summed E-state index contributed by atoms with van der Waals surface area (Å²) >= 11 is 0. The maximum absolute atomic E-state index is 11.3. The molecule has 70 valence electrons. The van der Waals surface area contributed by atoms with Crippen molar-refractivity contribution in [2.45, 2.75) is 19.3 Å². The molecule has 0 aliphatic rings. The molecule has 0 aliphatic carbocycles. The maximum atomic E-state index is 11.3. The van der Waals surface area contributed by atoms with Crippen LogP contribution >= 0.6 is 0 Å². The zero-order chi connectivity index (χ0) is 9.52. The monoisotopic (exact) mass is 178 g/mol. The fourth-order valence-corrected chi connectivity index (χ4v) is 1.19. The molecule has 0 aliphatic heterocycles. The fourth-order valence-electron chi connectivity index (χ4n) is 1.19. The Morgan fingerprint density at radius 3 is 2.54 bits per heavy atom. The van der Waals surface area contributed by atoms with Crippen molar-refractivity contribution in [3.05, 3.63) is 35.9 Å². The Bertz CT molecular complexity index is 254. The molecule has 0 heterocycles. The summed E-state index contributed by atoms with van der Waals surface area (Å²) in [6, 6.07) is 9.67. The first-order chi connectivity index (χ1) is 6.33. The van der Waals surface area contributed by atoms with Gasteiger partial charge in [0, 0.05) is 19.4 Å². The van der Waals surface area contributed by atoms with Crippen LogP contribution < -0.4 is 0 Å². The minimum Gasteiger partial charge on any atom is -0.396 e. The van der Waals surface area contributed by atoms with Gasteiger partial charge in [-0.05, 0) is 12.0 Å². The molecule has 1 aromatic rings. The average molecular weight is 178 g/mol. The van der Waals surface area contributed by atoms with Crippen LogP contribution in [0.4, 0.5) is 0 Å². The predicted octanol–water partition coefficient (Wildman–Crippen LogP) is 1.57. The van der Waals surface area contributed by atoms with E-state index in [0.717, 1.165) is 5.56 Å². The standard InChI is InChI=1S/C11H14O2/c12-8-4-7-11(13)9-10-5-2-1-3-6-10/h1-3,5-6,12H,4,7-9H2. The molecule has 0 spiro atoms. The molecule has 0 unspecified atom stereocenters. The summed E-state index contributed by atoms with van der Waals surface area (Å²) in [6.07, 6.45) is 1.54. The van der Waals surface area contributed by atoms with Crippen LogP contribution in [0.25, 0.3) is 0 Å². The summed E-state index contributed by atoms with van der Waals surface area (Å²) < 4.78 is 0.